The van der Waals surface area contributed by atoms with Crippen LogP contribution in [0.1, 0.15) is 18.9 Å². The highest BCUT2D eigenvalue weighted by molar-refractivity contribution is 5.85. The van der Waals surface area contributed by atoms with Crippen molar-refractivity contribution in [3.63, 3.8) is 0 Å². The molecule has 0 bridgehead atoms. The van der Waals surface area contributed by atoms with Gasteiger partial charge in [0, 0.05) is 13.0 Å². The largest absolute Gasteiger partial charge is 0.467 e. The normalized spacial score (nSPS) is 18.6. The Morgan fingerprint density at radius 2 is 2.08 bits per heavy atom. The van der Waals surface area contributed by atoms with Gasteiger partial charge in [0.2, 0.25) is 5.91 Å². The second kappa shape index (κ2) is 8.30. The van der Waals surface area contributed by atoms with Crippen molar-refractivity contribution in [1.82, 2.24) is 15.8 Å². The lowest BCUT2D eigenvalue weighted by molar-refractivity contribution is -0.144. The summed E-state index contributed by atoms with van der Waals surface area (Å²) >= 11 is 0. The van der Waals surface area contributed by atoms with Gasteiger partial charge in [0.15, 0.2) is 0 Å². The topological polar surface area (TPSA) is 97.0 Å². The fourth-order valence-corrected chi connectivity index (χ4v) is 2.53. The van der Waals surface area contributed by atoms with Crippen molar-refractivity contribution in [2.75, 3.05) is 13.7 Å². The fourth-order valence-electron chi connectivity index (χ4n) is 2.53. The summed E-state index contributed by atoms with van der Waals surface area (Å²) in [6, 6.07) is 7.65. The minimum absolute atomic E-state index is 0.0832. The number of hydrazine groups is 1. The van der Waals surface area contributed by atoms with E-state index in [4.69, 9.17) is 9.47 Å². The van der Waals surface area contributed by atoms with Crippen molar-refractivity contribution in [1.29, 1.82) is 0 Å². The molecule has 1 heterocycles. The summed E-state index contributed by atoms with van der Waals surface area (Å²) in [6.07, 6.45) is -0.656. The van der Waals surface area contributed by atoms with Crippen LogP contribution in [0.5, 0.6) is 0 Å². The van der Waals surface area contributed by atoms with Gasteiger partial charge >= 0.3 is 12.1 Å². The minimum Gasteiger partial charge on any atom is -0.467 e. The number of carbonyl (C=O) groups excluding carboxylic acids is 3. The molecule has 2 amide bonds. The first-order chi connectivity index (χ1) is 11.5. The van der Waals surface area contributed by atoms with Gasteiger partial charge in [-0.3, -0.25) is 10.2 Å². The Kier molecular flexibility index (Phi) is 6.14. The predicted molar refractivity (Wildman–Crippen MR) is 84.5 cm³/mol. The number of rotatable bonds is 6. The molecular formula is C16H21N3O5. The number of methoxy groups -OCH3 is 1. The molecule has 0 aliphatic carbocycles. The molecule has 0 radical (unpaired) electrons. The second-order valence-corrected chi connectivity index (χ2v) is 5.30. The van der Waals surface area contributed by atoms with Crippen LogP contribution in [-0.2, 0) is 25.7 Å². The zero-order valence-electron chi connectivity index (χ0n) is 13.7. The monoisotopic (exact) mass is 335 g/mol. The van der Waals surface area contributed by atoms with Crippen LogP contribution in [-0.4, -0.2) is 48.7 Å². The Hall–Kier alpha value is -2.61. The molecule has 2 N–H and O–H groups in total. The van der Waals surface area contributed by atoms with Crippen LogP contribution < -0.4 is 10.7 Å². The first-order valence-corrected chi connectivity index (χ1v) is 7.66. The number of alkyl carbamates (subject to hydrolysis) is 1. The summed E-state index contributed by atoms with van der Waals surface area (Å²) in [7, 11) is 1.23. The summed E-state index contributed by atoms with van der Waals surface area (Å²) in [6.45, 7) is 2.41. The van der Waals surface area contributed by atoms with E-state index < -0.39 is 24.1 Å². The predicted octanol–water partition coefficient (Wildman–Crippen LogP) is 0.580. The third kappa shape index (κ3) is 4.45. The summed E-state index contributed by atoms with van der Waals surface area (Å²) in [5.74, 6) is -0.846. The van der Waals surface area contributed by atoms with E-state index in [9.17, 15) is 14.4 Å². The number of amides is 2. The maximum Gasteiger partial charge on any atom is 0.408 e. The van der Waals surface area contributed by atoms with Crippen molar-refractivity contribution < 1.29 is 23.9 Å². The average Bonchev–Trinajstić information content (AvgIpc) is 2.98. The Morgan fingerprint density at radius 1 is 1.38 bits per heavy atom. The number of carbonyl (C=O) groups is 3. The highest BCUT2D eigenvalue weighted by atomic mass is 16.6. The molecule has 1 aromatic rings. The third-order valence-electron chi connectivity index (χ3n) is 3.73. The molecule has 8 nitrogen and oxygen atoms in total. The Bertz CT molecular complexity index is 593. The lowest BCUT2D eigenvalue weighted by atomic mass is 10.1. The number of ether oxygens (including phenoxy) is 2. The summed E-state index contributed by atoms with van der Waals surface area (Å²) < 4.78 is 9.87. The Labute approximate surface area is 140 Å². The van der Waals surface area contributed by atoms with Gasteiger partial charge in [0.05, 0.1) is 13.2 Å². The van der Waals surface area contributed by atoms with Crippen LogP contribution in [0.15, 0.2) is 30.3 Å². The molecule has 24 heavy (non-hydrogen) atoms. The van der Waals surface area contributed by atoms with Crippen LogP contribution in [0, 0.1) is 0 Å². The van der Waals surface area contributed by atoms with Crippen molar-refractivity contribution >= 4 is 18.0 Å². The molecule has 1 aliphatic heterocycles. The number of benzene rings is 1. The summed E-state index contributed by atoms with van der Waals surface area (Å²) in [4.78, 5) is 35.6. The standard InChI is InChI=1S/C16H21N3O5/c1-3-19-12(9-13(20)18-19)14(15(21)23-2)17-16(22)24-10-11-7-5-4-6-8-11/h4-8,12,14H,3,9-10H2,1-2H3,(H,17,22)(H,18,20)/t12-,14+/m1/s1. The number of esters is 1. The molecule has 1 saturated heterocycles. The van der Waals surface area contributed by atoms with E-state index in [2.05, 4.69) is 10.7 Å². The van der Waals surface area contributed by atoms with E-state index >= 15 is 0 Å². The molecule has 130 valence electrons. The molecule has 0 spiro atoms. The molecule has 0 saturated carbocycles. The molecule has 1 aromatic carbocycles. The zero-order valence-corrected chi connectivity index (χ0v) is 13.7. The first kappa shape index (κ1) is 17.7. The lowest BCUT2D eigenvalue weighted by Gasteiger charge is -2.28. The smallest absolute Gasteiger partial charge is 0.408 e. The average molecular weight is 335 g/mol. The van der Waals surface area contributed by atoms with Gasteiger partial charge in [-0.05, 0) is 5.56 Å². The first-order valence-electron chi connectivity index (χ1n) is 7.66. The fraction of sp³-hybridized carbons (Fsp3) is 0.438. The van der Waals surface area contributed by atoms with E-state index in [1.54, 1.807) is 5.01 Å². The number of likely N-dealkylation sites (N-methyl/N-ethyl adjacent to an activating group) is 1. The van der Waals surface area contributed by atoms with Gasteiger partial charge in [-0.2, -0.15) is 0 Å². The van der Waals surface area contributed by atoms with Gasteiger partial charge in [0.1, 0.15) is 12.6 Å². The van der Waals surface area contributed by atoms with Gasteiger partial charge < -0.3 is 14.8 Å². The molecule has 0 aromatic heterocycles. The Morgan fingerprint density at radius 3 is 2.71 bits per heavy atom. The highest BCUT2D eigenvalue weighted by Crippen LogP contribution is 2.15. The number of nitrogens with zero attached hydrogens (tertiary/aromatic N) is 1. The SMILES string of the molecule is CCN1NC(=O)C[C@@H]1[C@H](NC(=O)OCc1ccccc1)C(=O)OC. The van der Waals surface area contributed by atoms with E-state index in [1.165, 1.54) is 7.11 Å². The van der Waals surface area contributed by atoms with Crippen molar-refractivity contribution in [3.8, 4) is 0 Å². The van der Waals surface area contributed by atoms with E-state index in [1.807, 2.05) is 37.3 Å². The zero-order chi connectivity index (χ0) is 17.5. The van der Waals surface area contributed by atoms with Gasteiger partial charge in [-0.25, -0.2) is 14.6 Å². The molecule has 2 atom stereocenters. The molecule has 8 heteroatoms. The summed E-state index contributed by atoms with van der Waals surface area (Å²) in [5, 5.41) is 4.09. The van der Waals surface area contributed by atoms with Crippen LogP contribution in [0.25, 0.3) is 0 Å². The molecule has 1 aliphatic rings. The maximum atomic E-state index is 12.0. The van der Waals surface area contributed by atoms with Crippen LogP contribution in [0.2, 0.25) is 0 Å². The molecule has 2 rings (SSSR count). The minimum atomic E-state index is -1.00. The van der Waals surface area contributed by atoms with Crippen molar-refractivity contribution in [3.05, 3.63) is 35.9 Å². The maximum absolute atomic E-state index is 12.0. The van der Waals surface area contributed by atoms with Crippen LogP contribution in [0.3, 0.4) is 0 Å². The van der Waals surface area contributed by atoms with Crippen molar-refractivity contribution in [2.24, 2.45) is 0 Å². The van der Waals surface area contributed by atoms with Crippen LogP contribution >= 0.6 is 0 Å². The number of nitrogens with one attached hydrogen (secondary N) is 2. The van der Waals surface area contributed by atoms with Gasteiger partial charge in [-0.1, -0.05) is 37.3 Å². The van der Waals surface area contributed by atoms with Crippen LogP contribution in [0.4, 0.5) is 4.79 Å². The van der Waals surface area contributed by atoms with E-state index in [0.29, 0.717) is 6.54 Å². The second-order valence-electron chi connectivity index (χ2n) is 5.30. The quantitative estimate of drug-likeness (QED) is 0.738. The van der Waals surface area contributed by atoms with Gasteiger partial charge in [-0.15, -0.1) is 0 Å². The number of hydrogen-bond donors (Lipinski definition) is 2. The third-order valence-corrected chi connectivity index (χ3v) is 3.73. The molecule has 0 unspecified atom stereocenters. The lowest BCUT2D eigenvalue weighted by Crippen LogP contribution is -2.55. The van der Waals surface area contributed by atoms with E-state index in [0.717, 1.165) is 5.56 Å². The van der Waals surface area contributed by atoms with Gasteiger partial charge in [0.25, 0.3) is 0 Å². The molecule has 1 fully saturated rings. The van der Waals surface area contributed by atoms with Crippen molar-refractivity contribution in [2.45, 2.75) is 32.0 Å². The van der Waals surface area contributed by atoms with E-state index in [-0.39, 0.29) is 18.9 Å². The molecular weight excluding hydrogens is 314 g/mol. The number of hydrogen-bond acceptors (Lipinski definition) is 6. The summed E-state index contributed by atoms with van der Waals surface area (Å²) in [5.41, 5.74) is 3.47. The highest BCUT2D eigenvalue weighted by Gasteiger charge is 2.40. The Balaban J connectivity index is 1.99.